The first kappa shape index (κ1) is 14.4. The molecule has 1 saturated carbocycles. The fourth-order valence-electron chi connectivity index (χ4n) is 2.09. The van der Waals surface area contributed by atoms with E-state index in [1.807, 2.05) is 0 Å². The quantitative estimate of drug-likeness (QED) is 0.910. The molecule has 1 aromatic heterocycles. The molecule has 7 heteroatoms. The minimum atomic E-state index is -0.942. The summed E-state index contributed by atoms with van der Waals surface area (Å²) in [6.45, 7) is 0. The molecule has 0 aliphatic heterocycles. The number of benzene rings is 1. The Hall–Kier alpha value is -2.57. The molecule has 1 aliphatic carbocycles. The second-order valence-corrected chi connectivity index (χ2v) is 5.17. The molecule has 0 unspecified atom stereocenters. The number of aromatic nitrogens is 2. The van der Waals surface area contributed by atoms with Crippen molar-refractivity contribution in [3.8, 4) is 0 Å². The van der Waals surface area contributed by atoms with Gasteiger partial charge in [0.15, 0.2) is 23.3 Å². The molecule has 0 saturated heterocycles. The van der Waals surface area contributed by atoms with Crippen LogP contribution in [0.15, 0.2) is 30.3 Å². The molecule has 1 fully saturated rings. The Morgan fingerprint density at radius 3 is 2.36 bits per heavy atom. The maximum Gasteiger partial charge on any atom is 0.228 e. The number of halogens is 2. The highest BCUT2D eigenvalue weighted by atomic mass is 19.2. The molecule has 1 aromatic carbocycles. The van der Waals surface area contributed by atoms with Gasteiger partial charge in [-0.05, 0) is 37.1 Å². The van der Waals surface area contributed by atoms with E-state index in [-0.39, 0.29) is 11.8 Å². The number of carbonyl (C=O) groups excluding carboxylic acids is 1. The van der Waals surface area contributed by atoms with Crippen LogP contribution < -0.4 is 10.6 Å². The molecule has 114 valence electrons. The van der Waals surface area contributed by atoms with E-state index in [1.54, 1.807) is 12.1 Å². The van der Waals surface area contributed by atoms with Crippen molar-refractivity contribution in [1.29, 1.82) is 0 Å². The van der Waals surface area contributed by atoms with Gasteiger partial charge in [0.1, 0.15) is 0 Å². The predicted molar refractivity (Wildman–Crippen MR) is 77.6 cm³/mol. The van der Waals surface area contributed by atoms with Gasteiger partial charge < -0.3 is 10.6 Å². The summed E-state index contributed by atoms with van der Waals surface area (Å²) in [6.07, 6.45) is 2.91. The minimum Gasteiger partial charge on any atom is -0.339 e. The Kier molecular flexibility index (Phi) is 3.95. The largest absolute Gasteiger partial charge is 0.339 e. The van der Waals surface area contributed by atoms with Gasteiger partial charge in [0.2, 0.25) is 5.91 Å². The molecule has 1 aliphatic rings. The number of anilines is 3. The molecule has 0 atom stereocenters. The van der Waals surface area contributed by atoms with Gasteiger partial charge in [0.25, 0.3) is 0 Å². The van der Waals surface area contributed by atoms with Gasteiger partial charge in [-0.2, -0.15) is 0 Å². The lowest BCUT2D eigenvalue weighted by Gasteiger charge is -2.23. The Labute approximate surface area is 125 Å². The summed E-state index contributed by atoms with van der Waals surface area (Å²) in [5, 5.41) is 13.3. The summed E-state index contributed by atoms with van der Waals surface area (Å²) in [5.74, 6) is -1.09. The van der Waals surface area contributed by atoms with Crippen LogP contribution in [0.4, 0.5) is 26.1 Å². The Morgan fingerprint density at radius 1 is 1.05 bits per heavy atom. The summed E-state index contributed by atoms with van der Waals surface area (Å²) < 4.78 is 25.9. The van der Waals surface area contributed by atoms with E-state index in [9.17, 15) is 13.6 Å². The van der Waals surface area contributed by atoms with Crippen molar-refractivity contribution in [1.82, 2.24) is 10.2 Å². The topological polar surface area (TPSA) is 66.9 Å². The minimum absolute atomic E-state index is 0.0399. The third-order valence-corrected chi connectivity index (χ3v) is 3.58. The highest BCUT2D eigenvalue weighted by Crippen LogP contribution is 2.27. The molecular weight excluding hydrogens is 290 g/mol. The SMILES string of the molecule is O=C(Nc1ccc(Nc2ccc(F)c(F)c2)nn1)C1CCC1. The lowest BCUT2D eigenvalue weighted by molar-refractivity contribution is -0.122. The summed E-state index contributed by atoms with van der Waals surface area (Å²) in [5.41, 5.74) is 0.361. The molecule has 5 nitrogen and oxygen atoms in total. The van der Waals surface area contributed by atoms with E-state index in [0.29, 0.717) is 17.3 Å². The number of carbonyl (C=O) groups is 1. The molecule has 0 spiro atoms. The van der Waals surface area contributed by atoms with Crippen molar-refractivity contribution >= 4 is 23.2 Å². The normalized spacial score (nSPS) is 14.3. The van der Waals surface area contributed by atoms with E-state index in [2.05, 4.69) is 20.8 Å². The van der Waals surface area contributed by atoms with Gasteiger partial charge in [-0.3, -0.25) is 4.79 Å². The van der Waals surface area contributed by atoms with Crippen LogP contribution in [-0.4, -0.2) is 16.1 Å². The predicted octanol–water partition coefficient (Wildman–Crippen LogP) is 3.24. The average Bonchev–Trinajstić information content (AvgIpc) is 2.43. The first-order valence-electron chi connectivity index (χ1n) is 6.98. The van der Waals surface area contributed by atoms with Crippen molar-refractivity contribution in [2.24, 2.45) is 5.92 Å². The Balaban J connectivity index is 1.63. The average molecular weight is 304 g/mol. The number of nitrogens with zero attached hydrogens (tertiary/aromatic N) is 2. The van der Waals surface area contributed by atoms with Gasteiger partial charge in [0.05, 0.1) is 0 Å². The highest BCUT2D eigenvalue weighted by molar-refractivity contribution is 5.92. The fraction of sp³-hybridized carbons (Fsp3) is 0.267. The summed E-state index contributed by atoms with van der Waals surface area (Å²) in [4.78, 5) is 11.8. The van der Waals surface area contributed by atoms with Crippen LogP contribution in [-0.2, 0) is 4.79 Å². The lowest BCUT2D eigenvalue weighted by Crippen LogP contribution is -2.28. The zero-order valence-corrected chi connectivity index (χ0v) is 11.6. The van der Waals surface area contributed by atoms with E-state index in [4.69, 9.17) is 0 Å². The van der Waals surface area contributed by atoms with Gasteiger partial charge >= 0.3 is 0 Å². The van der Waals surface area contributed by atoms with Crippen molar-refractivity contribution in [2.75, 3.05) is 10.6 Å². The summed E-state index contributed by atoms with van der Waals surface area (Å²) in [7, 11) is 0. The standard InChI is InChI=1S/C15H14F2N4O/c16-11-5-4-10(8-12(11)17)18-13-6-7-14(21-20-13)19-15(22)9-2-1-3-9/h4-9H,1-3H2,(H,18,20)(H,19,21,22). The molecule has 1 amide bonds. The number of nitrogens with one attached hydrogen (secondary N) is 2. The van der Waals surface area contributed by atoms with E-state index in [1.165, 1.54) is 6.07 Å². The van der Waals surface area contributed by atoms with Crippen LogP contribution in [0, 0.1) is 17.6 Å². The van der Waals surface area contributed by atoms with Crippen LogP contribution in [0.1, 0.15) is 19.3 Å². The van der Waals surface area contributed by atoms with Crippen LogP contribution >= 0.6 is 0 Å². The smallest absolute Gasteiger partial charge is 0.228 e. The van der Waals surface area contributed by atoms with Crippen LogP contribution in [0.25, 0.3) is 0 Å². The molecule has 2 aromatic rings. The third-order valence-electron chi connectivity index (χ3n) is 3.58. The number of rotatable bonds is 4. The van der Waals surface area contributed by atoms with Gasteiger partial charge in [0, 0.05) is 17.7 Å². The zero-order valence-electron chi connectivity index (χ0n) is 11.6. The molecule has 2 N–H and O–H groups in total. The summed E-state index contributed by atoms with van der Waals surface area (Å²) in [6, 6.07) is 6.66. The number of hydrogen-bond acceptors (Lipinski definition) is 4. The van der Waals surface area contributed by atoms with Crippen molar-refractivity contribution in [2.45, 2.75) is 19.3 Å². The van der Waals surface area contributed by atoms with Gasteiger partial charge in [-0.25, -0.2) is 8.78 Å². The molecule has 0 radical (unpaired) electrons. The Bertz CT molecular complexity index is 686. The highest BCUT2D eigenvalue weighted by Gasteiger charge is 2.25. The van der Waals surface area contributed by atoms with Crippen molar-refractivity contribution < 1.29 is 13.6 Å². The van der Waals surface area contributed by atoms with Gasteiger partial charge in [-0.15, -0.1) is 10.2 Å². The third kappa shape index (κ3) is 3.19. The van der Waals surface area contributed by atoms with E-state index >= 15 is 0 Å². The lowest BCUT2D eigenvalue weighted by atomic mass is 9.85. The van der Waals surface area contributed by atoms with Crippen molar-refractivity contribution in [3.05, 3.63) is 42.0 Å². The first-order valence-corrected chi connectivity index (χ1v) is 6.98. The molecule has 22 heavy (non-hydrogen) atoms. The maximum atomic E-state index is 13.1. The molecule has 1 heterocycles. The Morgan fingerprint density at radius 2 is 1.77 bits per heavy atom. The maximum absolute atomic E-state index is 13.1. The first-order chi connectivity index (χ1) is 10.6. The molecule has 0 bridgehead atoms. The number of hydrogen-bond donors (Lipinski definition) is 2. The van der Waals surface area contributed by atoms with Crippen LogP contribution in [0.5, 0.6) is 0 Å². The second-order valence-electron chi connectivity index (χ2n) is 5.17. The van der Waals surface area contributed by atoms with Gasteiger partial charge in [-0.1, -0.05) is 6.42 Å². The molecular formula is C15H14F2N4O. The molecule has 3 rings (SSSR count). The zero-order chi connectivity index (χ0) is 15.5. The van der Waals surface area contributed by atoms with E-state index in [0.717, 1.165) is 31.4 Å². The van der Waals surface area contributed by atoms with Crippen LogP contribution in [0.3, 0.4) is 0 Å². The van der Waals surface area contributed by atoms with E-state index < -0.39 is 11.6 Å². The van der Waals surface area contributed by atoms with Crippen molar-refractivity contribution in [3.63, 3.8) is 0 Å². The van der Waals surface area contributed by atoms with Crippen LogP contribution in [0.2, 0.25) is 0 Å². The summed E-state index contributed by atoms with van der Waals surface area (Å²) >= 11 is 0. The number of amides is 1. The second kappa shape index (κ2) is 6.05. The fourth-order valence-corrected chi connectivity index (χ4v) is 2.09. The monoisotopic (exact) mass is 304 g/mol.